The van der Waals surface area contributed by atoms with Crippen molar-refractivity contribution in [3.63, 3.8) is 0 Å². The number of nitrogens with one attached hydrogen (secondary N) is 2. The number of aromatic nitrogens is 2. The summed E-state index contributed by atoms with van der Waals surface area (Å²) in [6.45, 7) is 0.174. The summed E-state index contributed by atoms with van der Waals surface area (Å²) in [5.74, 6) is -2.04. The van der Waals surface area contributed by atoms with Gasteiger partial charge in [-0.25, -0.2) is 9.37 Å². The lowest BCUT2D eigenvalue weighted by atomic mass is 10.1. The molecule has 2 aromatic heterocycles. The van der Waals surface area contributed by atoms with Crippen LogP contribution in [-0.2, 0) is 6.54 Å². The third-order valence-electron chi connectivity index (χ3n) is 5.53. The molecule has 3 heterocycles. The first kappa shape index (κ1) is 23.7. The molecule has 5 N–H and O–H groups in total. The van der Waals surface area contributed by atoms with E-state index in [4.69, 9.17) is 0 Å². The van der Waals surface area contributed by atoms with Gasteiger partial charge >= 0.3 is 0 Å². The first-order valence-corrected chi connectivity index (χ1v) is 12.2. The van der Waals surface area contributed by atoms with Crippen LogP contribution in [0.2, 0.25) is 0 Å². The van der Waals surface area contributed by atoms with E-state index in [-0.39, 0.29) is 34.9 Å². The lowest BCUT2D eigenvalue weighted by Crippen LogP contribution is -2.35. The Labute approximate surface area is 196 Å². The van der Waals surface area contributed by atoms with Crippen molar-refractivity contribution in [2.24, 2.45) is 0 Å². The van der Waals surface area contributed by atoms with Gasteiger partial charge in [-0.1, -0.05) is 6.07 Å². The number of fused-ring (bicyclic) bond motifs is 1. The van der Waals surface area contributed by atoms with Gasteiger partial charge in [0.25, 0.3) is 11.8 Å². The number of anilines is 1. The highest BCUT2D eigenvalue weighted by Crippen LogP contribution is 2.51. The summed E-state index contributed by atoms with van der Waals surface area (Å²) in [6.07, 6.45) is 2.79. The molecule has 0 atom stereocenters. The van der Waals surface area contributed by atoms with Crippen molar-refractivity contribution in [1.29, 1.82) is 0 Å². The molecule has 1 aromatic carbocycles. The number of aromatic hydroxyl groups is 1. The van der Waals surface area contributed by atoms with Crippen LogP contribution in [0.1, 0.15) is 39.3 Å². The molecule has 34 heavy (non-hydrogen) atoms. The first-order chi connectivity index (χ1) is 16.2. The van der Waals surface area contributed by atoms with E-state index in [9.17, 15) is 28.2 Å². The van der Waals surface area contributed by atoms with Crippen LogP contribution >= 0.6 is 10.8 Å². The number of carbonyl (C=O) groups is 2. The molecule has 1 aliphatic rings. The predicted molar refractivity (Wildman–Crippen MR) is 126 cm³/mol. The fourth-order valence-corrected chi connectivity index (χ4v) is 5.46. The summed E-state index contributed by atoms with van der Waals surface area (Å²) in [4.78, 5) is 33.6. The summed E-state index contributed by atoms with van der Waals surface area (Å²) in [7, 11) is -1.74. The largest absolute Gasteiger partial charge is 0.504 e. The topological polar surface area (TPSA) is 148 Å². The number of halogens is 1. The van der Waals surface area contributed by atoms with E-state index in [1.165, 1.54) is 29.7 Å². The van der Waals surface area contributed by atoms with Crippen LogP contribution < -0.4 is 14.9 Å². The maximum atomic E-state index is 13.6. The second-order valence-corrected chi connectivity index (χ2v) is 9.85. The Bertz CT molecular complexity index is 1270. The Morgan fingerprint density at radius 3 is 2.74 bits per heavy atom. The highest BCUT2D eigenvalue weighted by atomic mass is 32.3. The lowest BCUT2D eigenvalue weighted by molar-refractivity contribution is 0.0934. The molecule has 12 heteroatoms. The highest BCUT2D eigenvalue weighted by Gasteiger charge is 2.31. The molecule has 10 nitrogen and oxygen atoms in total. The maximum absolute atomic E-state index is 13.6. The van der Waals surface area contributed by atoms with Gasteiger partial charge in [-0.15, -0.1) is 10.8 Å². The van der Waals surface area contributed by atoms with Gasteiger partial charge in [0.05, 0.1) is 5.75 Å². The Hall–Kier alpha value is -3.48. The van der Waals surface area contributed by atoms with Crippen LogP contribution in [0.5, 0.6) is 5.75 Å². The zero-order valence-corrected chi connectivity index (χ0v) is 19.1. The van der Waals surface area contributed by atoms with Gasteiger partial charge in [0.2, 0.25) is 0 Å². The average molecular weight is 490 g/mol. The van der Waals surface area contributed by atoms with E-state index in [1.807, 2.05) is 0 Å². The molecule has 1 aliphatic heterocycles. The summed E-state index contributed by atoms with van der Waals surface area (Å²) >= 11 is 0. The van der Waals surface area contributed by atoms with Crippen molar-refractivity contribution >= 4 is 39.3 Å². The molecule has 3 aromatic rings. The molecule has 2 amide bonds. The molecule has 0 saturated carbocycles. The number of rotatable bonds is 5. The molecule has 4 rings (SSSR count). The fourth-order valence-electron chi connectivity index (χ4n) is 3.81. The zero-order valence-electron chi connectivity index (χ0n) is 18.3. The average Bonchev–Trinajstić information content (AvgIpc) is 2.83. The minimum Gasteiger partial charge on any atom is -0.504 e. The van der Waals surface area contributed by atoms with E-state index in [2.05, 4.69) is 20.6 Å². The van der Waals surface area contributed by atoms with Gasteiger partial charge in [-0.3, -0.25) is 28.0 Å². The van der Waals surface area contributed by atoms with Gasteiger partial charge in [-0.2, -0.15) is 0 Å². The van der Waals surface area contributed by atoms with E-state index < -0.39 is 34.2 Å². The Balaban J connectivity index is 1.71. The standard InChI is InChI=1S/C22H24FN5O5S/c1-24-21(30)16-11-14(23)7-6-13(16)12-26-22(31)18-19(29)17-15(5-4-8-25-17)20(27-18)28-9-2-3-10-34(28,32)33/h4-8,11,29,32-33H,2-3,9-10,12H2,1H3,(H,24,30)(H,26,31). The van der Waals surface area contributed by atoms with Gasteiger partial charge in [-0.05, 0) is 42.7 Å². The van der Waals surface area contributed by atoms with Crippen molar-refractivity contribution in [3.8, 4) is 5.75 Å². The van der Waals surface area contributed by atoms with Gasteiger partial charge in [0, 0.05) is 37.3 Å². The SMILES string of the molecule is CNC(=O)c1cc(F)ccc1CNC(=O)c1nc(N2CCCCS2(O)O)c2cccnc2c1O. The number of hydrogen-bond donors (Lipinski definition) is 5. The molecule has 1 saturated heterocycles. The number of amides is 2. The number of hydrogen-bond acceptors (Lipinski definition) is 8. The van der Waals surface area contributed by atoms with Crippen molar-refractivity contribution in [3.05, 3.63) is 59.2 Å². The molecule has 0 radical (unpaired) electrons. The Kier molecular flexibility index (Phi) is 6.55. The van der Waals surface area contributed by atoms with Crippen molar-refractivity contribution in [1.82, 2.24) is 20.6 Å². The highest BCUT2D eigenvalue weighted by molar-refractivity contribution is 8.25. The monoisotopic (exact) mass is 489 g/mol. The Morgan fingerprint density at radius 2 is 2.00 bits per heavy atom. The van der Waals surface area contributed by atoms with Gasteiger partial charge < -0.3 is 15.7 Å². The van der Waals surface area contributed by atoms with Crippen LogP contribution in [0.3, 0.4) is 0 Å². The summed E-state index contributed by atoms with van der Waals surface area (Å²) in [5, 5.41) is 16.1. The quantitative estimate of drug-likeness (QED) is 0.367. The fraction of sp³-hybridized carbons (Fsp3) is 0.273. The number of carbonyl (C=O) groups excluding carboxylic acids is 2. The minimum absolute atomic E-state index is 0.0584. The van der Waals surface area contributed by atoms with Crippen LogP contribution in [0, 0.1) is 5.82 Å². The second-order valence-electron chi connectivity index (χ2n) is 7.74. The van der Waals surface area contributed by atoms with Crippen molar-refractivity contribution in [2.45, 2.75) is 19.4 Å². The Morgan fingerprint density at radius 1 is 1.21 bits per heavy atom. The number of benzene rings is 1. The second kappa shape index (κ2) is 9.41. The zero-order chi connectivity index (χ0) is 24.5. The smallest absolute Gasteiger partial charge is 0.274 e. The third-order valence-corrected chi connectivity index (χ3v) is 7.43. The van der Waals surface area contributed by atoms with Gasteiger partial charge in [0.15, 0.2) is 17.3 Å². The molecule has 0 spiro atoms. The van der Waals surface area contributed by atoms with Crippen LogP contribution in [-0.4, -0.2) is 55.3 Å². The lowest BCUT2D eigenvalue weighted by Gasteiger charge is -2.47. The van der Waals surface area contributed by atoms with Crippen molar-refractivity contribution in [2.75, 3.05) is 23.7 Å². The van der Waals surface area contributed by atoms with Gasteiger partial charge in [0.1, 0.15) is 11.3 Å². The molecule has 180 valence electrons. The normalized spacial score (nSPS) is 16.2. The first-order valence-electron chi connectivity index (χ1n) is 10.5. The molecule has 0 unspecified atom stereocenters. The van der Waals surface area contributed by atoms with E-state index in [0.29, 0.717) is 30.3 Å². The van der Waals surface area contributed by atoms with Crippen LogP contribution in [0.15, 0.2) is 36.5 Å². The van der Waals surface area contributed by atoms with E-state index in [1.54, 1.807) is 12.1 Å². The summed E-state index contributed by atoms with van der Waals surface area (Å²) in [5.41, 5.74) is 0.151. The van der Waals surface area contributed by atoms with Crippen molar-refractivity contribution < 1.29 is 28.2 Å². The number of nitrogens with zero attached hydrogens (tertiary/aromatic N) is 3. The van der Waals surface area contributed by atoms with E-state index in [0.717, 1.165) is 6.07 Å². The summed E-state index contributed by atoms with van der Waals surface area (Å²) in [6, 6.07) is 6.86. The molecular formula is C22H24FN5O5S. The predicted octanol–water partition coefficient (Wildman–Crippen LogP) is 3.03. The minimum atomic E-state index is -3.15. The molecular weight excluding hydrogens is 465 g/mol. The maximum Gasteiger partial charge on any atom is 0.274 e. The van der Waals surface area contributed by atoms with Crippen LogP contribution in [0.4, 0.5) is 10.2 Å². The molecule has 1 fully saturated rings. The number of pyridine rings is 2. The van der Waals surface area contributed by atoms with E-state index >= 15 is 0 Å². The molecule has 0 bridgehead atoms. The molecule has 0 aliphatic carbocycles. The summed E-state index contributed by atoms with van der Waals surface area (Å²) < 4.78 is 36.2. The third kappa shape index (κ3) is 4.47. The van der Waals surface area contributed by atoms with Crippen LogP contribution in [0.25, 0.3) is 10.9 Å².